The molecule has 5 rings (SSSR count). The van der Waals surface area contributed by atoms with Crippen molar-refractivity contribution in [1.82, 2.24) is 14.1 Å². The minimum atomic E-state index is -0.124. The first-order valence-electron chi connectivity index (χ1n) is 8.87. The summed E-state index contributed by atoms with van der Waals surface area (Å²) in [5.74, 6) is 0.187. The number of Topliss-reactive ketones (excluding diaryl/α,β-unsaturated/α-hetero) is 1. The standard InChI is InChI=1S/C21H16BrN3O2/c1-24-18-11-23-17-8-5-13(22)10-16(17)20(18)25(21(24)27)14-6-7-15-12(9-14)3-2-4-19(15)26/h5-11H,2-4H2,1H3. The van der Waals surface area contributed by atoms with E-state index >= 15 is 0 Å². The molecule has 0 spiro atoms. The van der Waals surface area contributed by atoms with Crippen LogP contribution in [0.4, 0.5) is 0 Å². The van der Waals surface area contributed by atoms with Crippen LogP contribution in [0.2, 0.25) is 0 Å². The minimum Gasteiger partial charge on any atom is -0.294 e. The highest BCUT2D eigenvalue weighted by molar-refractivity contribution is 9.10. The van der Waals surface area contributed by atoms with Crippen LogP contribution >= 0.6 is 15.9 Å². The fourth-order valence-electron chi connectivity index (χ4n) is 3.98. The molecular formula is C21H16BrN3O2. The summed E-state index contributed by atoms with van der Waals surface area (Å²) < 4.78 is 4.28. The van der Waals surface area contributed by atoms with Gasteiger partial charge in [0.1, 0.15) is 0 Å². The van der Waals surface area contributed by atoms with Crippen molar-refractivity contribution in [3.05, 3.63) is 68.7 Å². The molecule has 4 aromatic rings. The number of nitrogens with zero attached hydrogens (tertiary/aromatic N) is 3. The van der Waals surface area contributed by atoms with Crippen molar-refractivity contribution in [2.45, 2.75) is 19.3 Å². The van der Waals surface area contributed by atoms with E-state index in [1.54, 1.807) is 22.4 Å². The van der Waals surface area contributed by atoms with Crippen LogP contribution in [0.1, 0.15) is 28.8 Å². The predicted octanol–water partition coefficient (Wildman–Crippen LogP) is 4.16. The Bertz CT molecular complexity index is 1320. The number of ketones is 1. The number of rotatable bonds is 1. The Morgan fingerprint density at radius 1 is 1.07 bits per heavy atom. The highest BCUT2D eigenvalue weighted by atomic mass is 79.9. The lowest BCUT2D eigenvalue weighted by Gasteiger charge is -2.16. The van der Waals surface area contributed by atoms with Crippen molar-refractivity contribution in [1.29, 1.82) is 0 Å². The number of carbonyl (C=O) groups excluding carboxylic acids is 1. The first kappa shape index (κ1) is 16.4. The molecule has 0 saturated heterocycles. The molecule has 0 bridgehead atoms. The molecule has 2 aromatic carbocycles. The van der Waals surface area contributed by atoms with E-state index in [2.05, 4.69) is 20.9 Å². The number of aromatic nitrogens is 3. The summed E-state index contributed by atoms with van der Waals surface area (Å²) in [6, 6.07) is 11.6. The van der Waals surface area contributed by atoms with Crippen LogP contribution in [0.15, 0.2) is 51.9 Å². The Balaban J connectivity index is 1.88. The number of carbonyl (C=O) groups is 1. The largest absolute Gasteiger partial charge is 0.333 e. The van der Waals surface area contributed by atoms with Crippen LogP contribution in [0.3, 0.4) is 0 Å². The number of aryl methyl sites for hydroxylation is 2. The summed E-state index contributed by atoms with van der Waals surface area (Å²) in [6.07, 6.45) is 4.07. The topological polar surface area (TPSA) is 56.9 Å². The van der Waals surface area contributed by atoms with Gasteiger partial charge in [0.15, 0.2) is 5.78 Å². The maximum absolute atomic E-state index is 13.1. The van der Waals surface area contributed by atoms with Gasteiger partial charge in [0.05, 0.1) is 28.4 Å². The fourth-order valence-corrected chi connectivity index (χ4v) is 4.34. The summed E-state index contributed by atoms with van der Waals surface area (Å²) in [5, 5.41) is 0.911. The SMILES string of the molecule is Cn1c(=O)n(-c2ccc3c(c2)CCCC3=O)c2c3cc(Br)ccc3ncc21. The number of halogens is 1. The average molecular weight is 422 g/mol. The molecule has 0 amide bonds. The number of hydrogen-bond donors (Lipinski definition) is 0. The van der Waals surface area contributed by atoms with Crippen LogP contribution in [0.5, 0.6) is 0 Å². The first-order valence-corrected chi connectivity index (χ1v) is 9.66. The maximum atomic E-state index is 13.1. The summed E-state index contributed by atoms with van der Waals surface area (Å²) in [7, 11) is 1.76. The van der Waals surface area contributed by atoms with Gasteiger partial charge in [-0.25, -0.2) is 4.79 Å². The van der Waals surface area contributed by atoms with E-state index in [9.17, 15) is 9.59 Å². The molecule has 2 aromatic heterocycles. The molecule has 0 radical (unpaired) electrons. The molecule has 2 heterocycles. The molecule has 27 heavy (non-hydrogen) atoms. The second kappa shape index (κ2) is 5.89. The lowest BCUT2D eigenvalue weighted by atomic mass is 9.90. The van der Waals surface area contributed by atoms with Crippen LogP contribution in [0.25, 0.3) is 27.6 Å². The third kappa shape index (κ3) is 2.40. The van der Waals surface area contributed by atoms with E-state index in [1.165, 1.54) is 0 Å². The van der Waals surface area contributed by atoms with Crippen LogP contribution in [0, 0.1) is 0 Å². The predicted molar refractivity (Wildman–Crippen MR) is 109 cm³/mol. The maximum Gasteiger partial charge on any atom is 0.333 e. The third-order valence-corrected chi connectivity index (χ3v) is 5.84. The van der Waals surface area contributed by atoms with Crippen LogP contribution < -0.4 is 5.69 Å². The monoisotopic (exact) mass is 421 g/mol. The molecule has 0 fully saturated rings. The summed E-state index contributed by atoms with van der Waals surface area (Å²) in [5.41, 5.74) is 4.90. The molecule has 0 aliphatic heterocycles. The van der Waals surface area contributed by atoms with Crippen molar-refractivity contribution in [2.24, 2.45) is 7.05 Å². The minimum absolute atomic E-state index is 0.124. The van der Waals surface area contributed by atoms with E-state index in [0.29, 0.717) is 6.42 Å². The molecule has 0 atom stereocenters. The fraction of sp³-hybridized carbons (Fsp3) is 0.190. The van der Waals surface area contributed by atoms with E-state index in [-0.39, 0.29) is 11.5 Å². The zero-order valence-corrected chi connectivity index (χ0v) is 16.3. The summed E-state index contributed by atoms with van der Waals surface area (Å²) >= 11 is 3.52. The van der Waals surface area contributed by atoms with Crippen LogP contribution in [-0.4, -0.2) is 19.9 Å². The smallest absolute Gasteiger partial charge is 0.294 e. The van der Waals surface area contributed by atoms with Gasteiger partial charge in [0, 0.05) is 28.9 Å². The molecule has 134 valence electrons. The quantitative estimate of drug-likeness (QED) is 0.463. The van der Waals surface area contributed by atoms with Gasteiger partial charge in [-0.3, -0.25) is 18.9 Å². The summed E-state index contributed by atoms with van der Waals surface area (Å²) in [6.45, 7) is 0. The Hall–Kier alpha value is -2.73. The van der Waals surface area contributed by atoms with Gasteiger partial charge in [0.2, 0.25) is 0 Å². The summed E-state index contributed by atoms with van der Waals surface area (Å²) in [4.78, 5) is 29.7. The van der Waals surface area contributed by atoms with Crippen molar-refractivity contribution in [2.75, 3.05) is 0 Å². The van der Waals surface area contributed by atoms with Gasteiger partial charge in [-0.2, -0.15) is 0 Å². The van der Waals surface area contributed by atoms with Crippen molar-refractivity contribution in [3.8, 4) is 5.69 Å². The van der Waals surface area contributed by atoms with Crippen molar-refractivity contribution < 1.29 is 4.79 Å². The highest BCUT2D eigenvalue weighted by Gasteiger charge is 2.20. The van der Waals surface area contributed by atoms with E-state index in [0.717, 1.165) is 56.1 Å². The van der Waals surface area contributed by atoms with Gasteiger partial charge in [-0.1, -0.05) is 15.9 Å². The average Bonchev–Trinajstić information content (AvgIpc) is 2.93. The molecule has 6 heteroatoms. The van der Waals surface area contributed by atoms with Gasteiger partial charge >= 0.3 is 5.69 Å². The molecule has 1 aliphatic carbocycles. The Morgan fingerprint density at radius 2 is 1.93 bits per heavy atom. The van der Waals surface area contributed by atoms with E-state index in [1.807, 2.05) is 36.4 Å². The molecular weight excluding hydrogens is 406 g/mol. The molecule has 5 nitrogen and oxygen atoms in total. The molecule has 0 saturated carbocycles. The number of imidazole rings is 1. The normalized spacial score (nSPS) is 14.1. The molecule has 0 unspecified atom stereocenters. The molecule has 1 aliphatic rings. The first-order chi connectivity index (χ1) is 13.0. The third-order valence-electron chi connectivity index (χ3n) is 5.34. The lowest BCUT2D eigenvalue weighted by molar-refractivity contribution is 0.0972. The Morgan fingerprint density at radius 3 is 2.78 bits per heavy atom. The van der Waals surface area contributed by atoms with Crippen molar-refractivity contribution in [3.63, 3.8) is 0 Å². The number of fused-ring (bicyclic) bond motifs is 4. The van der Waals surface area contributed by atoms with Gasteiger partial charge < -0.3 is 0 Å². The number of hydrogen-bond acceptors (Lipinski definition) is 3. The van der Waals surface area contributed by atoms with Crippen LogP contribution in [-0.2, 0) is 13.5 Å². The highest BCUT2D eigenvalue weighted by Crippen LogP contribution is 2.29. The van der Waals surface area contributed by atoms with E-state index in [4.69, 9.17) is 0 Å². The van der Waals surface area contributed by atoms with E-state index < -0.39 is 0 Å². The Kier molecular flexibility index (Phi) is 3.59. The molecule has 0 N–H and O–H groups in total. The number of pyridine rings is 1. The zero-order chi connectivity index (χ0) is 18.7. The Labute approximate surface area is 163 Å². The van der Waals surface area contributed by atoms with Gasteiger partial charge in [-0.05, 0) is 54.8 Å². The van der Waals surface area contributed by atoms with Crippen molar-refractivity contribution >= 4 is 43.6 Å². The second-order valence-corrected chi connectivity index (χ2v) is 7.86. The number of benzene rings is 2. The van der Waals surface area contributed by atoms with Gasteiger partial charge in [-0.15, -0.1) is 0 Å². The van der Waals surface area contributed by atoms with Gasteiger partial charge in [0.25, 0.3) is 0 Å². The second-order valence-electron chi connectivity index (χ2n) is 6.95. The lowest BCUT2D eigenvalue weighted by Crippen LogP contribution is -2.21. The zero-order valence-electron chi connectivity index (χ0n) is 14.7.